The third-order valence-corrected chi connectivity index (χ3v) is 13.2. The third kappa shape index (κ3) is 3.99. The molecule has 12 rings (SSSR count). The zero-order chi connectivity index (χ0) is 34.8. The highest BCUT2D eigenvalue weighted by Crippen LogP contribution is 2.51. The fourth-order valence-corrected chi connectivity index (χ4v) is 10.9. The first-order chi connectivity index (χ1) is 26.2. The molecule has 3 nitrogen and oxygen atoms in total. The first kappa shape index (κ1) is 29.5. The van der Waals surface area contributed by atoms with Gasteiger partial charge in [-0.1, -0.05) is 134 Å². The van der Waals surface area contributed by atoms with Crippen molar-refractivity contribution in [2.75, 3.05) is 0 Å². The van der Waals surface area contributed by atoms with Crippen molar-refractivity contribution in [3.63, 3.8) is 0 Å². The number of hydrogen-bond acceptors (Lipinski definition) is 2. The zero-order valence-electron chi connectivity index (χ0n) is 29.2. The molecule has 53 heavy (non-hydrogen) atoms. The van der Waals surface area contributed by atoms with Crippen molar-refractivity contribution in [2.45, 2.75) is 25.4 Å². The van der Waals surface area contributed by atoms with Crippen LogP contribution in [-0.4, -0.2) is 9.13 Å². The number of furan rings is 1. The van der Waals surface area contributed by atoms with Crippen LogP contribution in [0.4, 0.5) is 0 Å². The first-order valence-corrected chi connectivity index (χ1v) is 19.5. The van der Waals surface area contributed by atoms with Gasteiger partial charge in [-0.25, -0.2) is 0 Å². The van der Waals surface area contributed by atoms with E-state index in [-0.39, 0.29) is 18.0 Å². The first-order valence-electron chi connectivity index (χ1n) is 18.7. The Morgan fingerprint density at radius 1 is 0.623 bits per heavy atom. The molecule has 0 saturated heterocycles. The second-order valence-electron chi connectivity index (χ2n) is 14.7. The van der Waals surface area contributed by atoms with Crippen LogP contribution in [0, 0.1) is 5.92 Å². The minimum atomic E-state index is 0.183. The highest BCUT2D eigenvalue weighted by Gasteiger charge is 2.30. The van der Waals surface area contributed by atoms with E-state index in [9.17, 15) is 0 Å². The average Bonchev–Trinajstić information content (AvgIpc) is 3.96. The summed E-state index contributed by atoms with van der Waals surface area (Å²) < 4.78 is 14.6. The Bertz CT molecular complexity index is 3250. The van der Waals surface area contributed by atoms with Gasteiger partial charge in [-0.3, -0.25) is 0 Å². The minimum Gasteiger partial charge on any atom is -0.455 e. The molecule has 4 heteroatoms. The van der Waals surface area contributed by atoms with Crippen molar-refractivity contribution in [3.05, 3.63) is 163 Å². The molecule has 252 valence electrons. The van der Waals surface area contributed by atoms with Crippen molar-refractivity contribution in [1.29, 1.82) is 0 Å². The average molecular weight is 699 g/mol. The lowest BCUT2D eigenvalue weighted by Crippen LogP contribution is -2.18. The number of thiophene rings is 1. The predicted molar refractivity (Wildman–Crippen MR) is 226 cm³/mol. The van der Waals surface area contributed by atoms with Gasteiger partial charge >= 0.3 is 0 Å². The van der Waals surface area contributed by atoms with Gasteiger partial charge in [-0.15, -0.1) is 11.3 Å². The molecule has 0 bridgehead atoms. The van der Waals surface area contributed by atoms with Gasteiger partial charge in [0, 0.05) is 64.7 Å². The number of fused-ring (bicyclic) bond motifs is 15. The third-order valence-electron chi connectivity index (χ3n) is 12.0. The SMILES string of the molecule is CC1C(c2ccc3c4c5c6ccccc6oc5c5c6ccccc6sc5c4n(C4C=CC=CC4)c3c2)=CC=CC1n1c2ccccc2c2ccccc21. The van der Waals surface area contributed by atoms with E-state index in [0.717, 1.165) is 17.6 Å². The summed E-state index contributed by atoms with van der Waals surface area (Å²) in [5.74, 6) is 0.255. The highest BCUT2D eigenvalue weighted by molar-refractivity contribution is 7.27. The number of nitrogens with zero attached hydrogens (tertiary/aromatic N) is 2. The summed E-state index contributed by atoms with van der Waals surface area (Å²) in [6.45, 7) is 2.40. The number of aromatic nitrogens is 2. The number of hydrogen-bond donors (Lipinski definition) is 0. The monoisotopic (exact) mass is 698 g/mol. The molecule has 0 aliphatic heterocycles. The van der Waals surface area contributed by atoms with Crippen LogP contribution in [0.5, 0.6) is 0 Å². The Balaban J connectivity index is 1.14. The number of benzene rings is 6. The molecule has 0 fully saturated rings. The minimum absolute atomic E-state index is 0.183. The van der Waals surface area contributed by atoms with Crippen LogP contribution in [0.3, 0.4) is 0 Å². The molecule has 2 aliphatic carbocycles. The quantitative estimate of drug-likeness (QED) is 0.180. The molecule has 4 aromatic heterocycles. The molecule has 2 aliphatic rings. The van der Waals surface area contributed by atoms with Crippen LogP contribution < -0.4 is 0 Å². The molecule has 6 aromatic carbocycles. The molecule has 10 aromatic rings. The Hall–Kier alpha value is -6.10. The van der Waals surface area contributed by atoms with Crippen LogP contribution in [0.1, 0.15) is 31.0 Å². The Kier molecular flexibility index (Phi) is 6.09. The molecule has 0 amide bonds. The highest BCUT2D eigenvalue weighted by atomic mass is 32.1. The molecule has 0 saturated carbocycles. The van der Waals surface area contributed by atoms with Gasteiger partial charge in [0.2, 0.25) is 0 Å². The summed E-state index contributed by atoms with van der Waals surface area (Å²) >= 11 is 1.90. The lowest BCUT2D eigenvalue weighted by Gasteiger charge is -2.30. The van der Waals surface area contributed by atoms with Gasteiger partial charge in [0.15, 0.2) is 0 Å². The smallest absolute Gasteiger partial charge is 0.145 e. The van der Waals surface area contributed by atoms with E-state index in [2.05, 4.69) is 174 Å². The zero-order valence-corrected chi connectivity index (χ0v) is 30.0. The molecule has 4 heterocycles. The summed E-state index contributed by atoms with van der Waals surface area (Å²) in [6.07, 6.45) is 17.1. The van der Waals surface area contributed by atoms with Gasteiger partial charge in [-0.2, -0.15) is 0 Å². The molecule has 0 N–H and O–H groups in total. The summed E-state index contributed by atoms with van der Waals surface area (Å²) in [5, 5.41) is 10.1. The largest absolute Gasteiger partial charge is 0.455 e. The second-order valence-corrected chi connectivity index (χ2v) is 15.8. The lowest BCUT2D eigenvalue weighted by atomic mass is 9.84. The van der Waals surface area contributed by atoms with Crippen molar-refractivity contribution in [2.24, 2.45) is 5.92 Å². The van der Waals surface area contributed by atoms with E-state index in [0.29, 0.717) is 0 Å². The van der Waals surface area contributed by atoms with E-state index in [4.69, 9.17) is 4.42 Å². The second kappa shape index (κ2) is 11.0. The maximum Gasteiger partial charge on any atom is 0.145 e. The molecular formula is C49H34N2OS. The summed E-state index contributed by atoms with van der Waals surface area (Å²) in [7, 11) is 0. The van der Waals surface area contributed by atoms with Gasteiger partial charge < -0.3 is 13.6 Å². The van der Waals surface area contributed by atoms with Crippen LogP contribution in [0.25, 0.3) is 91.3 Å². The van der Waals surface area contributed by atoms with E-state index in [1.54, 1.807) is 0 Å². The summed E-state index contributed by atoms with van der Waals surface area (Å²) in [4.78, 5) is 0. The fraction of sp³-hybridized carbons (Fsp3) is 0.102. The fourth-order valence-electron chi connectivity index (χ4n) is 9.70. The maximum absolute atomic E-state index is 6.84. The van der Waals surface area contributed by atoms with Crippen molar-refractivity contribution < 1.29 is 4.42 Å². The van der Waals surface area contributed by atoms with Gasteiger partial charge in [-0.05, 0) is 47.9 Å². The van der Waals surface area contributed by atoms with E-state index < -0.39 is 0 Å². The van der Waals surface area contributed by atoms with E-state index in [1.807, 2.05) is 11.3 Å². The van der Waals surface area contributed by atoms with Crippen LogP contribution in [0.15, 0.2) is 162 Å². The van der Waals surface area contributed by atoms with Gasteiger partial charge in [0.25, 0.3) is 0 Å². The number of rotatable bonds is 3. The molecule has 3 unspecified atom stereocenters. The Labute approximate surface area is 309 Å². The van der Waals surface area contributed by atoms with Crippen molar-refractivity contribution >= 4 is 103 Å². The van der Waals surface area contributed by atoms with Crippen LogP contribution in [0.2, 0.25) is 0 Å². The van der Waals surface area contributed by atoms with Crippen LogP contribution >= 0.6 is 11.3 Å². The van der Waals surface area contributed by atoms with Crippen LogP contribution in [-0.2, 0) is 0 Å². The maximum atomic E-state index is 6.84. The molecular weight excluding hydrogens is 665 g/mol. The van der Waals surface area contributed by atoms with E-state index in [1.165, 1.54) is 85.7 Å². The molecule has 3 atom stereocenters. The van der Waals surface area contributed by atoms with Gasteiger partial charge in [0.1, 0.15) is 11.2 Å². The topological polar surface area (TPSA) is 23.0 Å². The van der Waals surface area contributed by atoms with Crippen molar-refractivity contribution in [1.82, 2.24) is 9.13 Å². The lowest BCUT2D eigenvalue weighted by molar-refractivity contribution is 0.523. The Morgan fingerprint density at radius 2 is 1.36 bits per heavy atom. The summed E-state index contributed by atoms with van der Waals surface area (Å²) in [5.41, 5.74) is 9.73. The predicted octanol–water partition coefficient (Wildman–Crippen LogP) is 14.1. The number of para-hydroxylation sites is 3. The van der Waals surface area contributed by atoms with Crippen molar-refractivity contribution in [3.8, 4) is 0 Å². The van der Waals surface area contributed by atoms with Gasteiger partial charge in [0.05, 0.1) is 27.8 Å². The Morgan fingerprint density at radius 3 is 2.15 bits per heavy atom. The number of allylic oxidation sites excluding steroid dienone is 8. The normalized spacial score (nSPS) is 19.0. The molecule has 0 radical (unpaired) electrons. The van der Waals surface area contributed by atoms with E-state index >= 15 is 0 Å². The summed E-state index contributed by atoms with van der Waals surface area (Å²) in [6, 6.07) is 42.8. The molecule has 0 spiro atoms. The standard InChI is InChI=1S/C49H34N2OS/c1-29-32(20-13-23-38(29)51-39-21-9-5-16-33(39)34-17-6-10-22-40(34)51)30-26-27-35-41(28-30)50(31-14-3-2-4-15-31)47-44(35)45-36-18-7-11-24-42(36)52-48(45)46-37-19-8-12-25-43(37)53-49(46)47/h2-14,16-29,31,38H,15H2,1H3.